The molecule has 0 aliphatic rings. The summed E-state index contributed by atoms with van der Waals surface area (Å²) in [6.07, 6.45) is 0. The maximum absolute atomic E-state index is 13.7. The summed E-state index contributed by atoms with van der Waals surface area (Å²) in [5, 5.41) is 11.6. The number of nitrogens with one attached hydrogen (secondary N) is 1. The predicted molar refractivity (Wildman–Crippen MR) is 71.8 cm³/mol. The summed E-state index contributed by atoms with van der Waals surface area (Å²) in [4.78, 5) is 10.9. The predicted octanol–water partition coefficient (Wildman–Crippen LogP) is 3.98. The van der Waals surface area contributed by atoms with Crippen LogP contribution in [0.1, 0.15) is 28.9 Å². The van der Waals surface area contributed by atoms with Gasteiger partial charge in [0.2, 0.25) is 0 Å². The summed E-state index contributed by atoms with van der Waals surface area (Å²) in [6.45, 7) is 1.58. The van der Waals surface area contributed by atoms with Gasteiger partial charge in [-0.25, -0.2) is 18.0 Å². The Kier molecular flexibility index (Phi) is 4.16. The first-order valence-electron chi connectivity index (χ1n) is 6.12. The van der Waals surface area contributed by atoms with E-state index in [1.807, 2.05) is 0 Å². The third kappa shape index (κ3) is 3.53. The van der Waals surface area contributed by atoms with E-state index in [-0.39, 0.29) is 16.8 Å². The van der Waals surface area contributed by atoms with E-state index in [1.165, 1.54) is 0 Å². The minimum absolute atomic E-state index is 0.0490. The van der Waals surface area contributed by atoms with E-state index in [0.717, 1.165) is 36.4 Å². The Balaban J connectivity index is 2.28. The molecule has 0 saturated carbocycles. The molecule has 0 bridgehead atoms. The summed E-state index contributed by atoms with van der Waals surface area (Å²) in [6, 6.07) is 5.67. The number of anilines is 1. The maximum atomic E-state index is 13.7. The standard InChI is InChI=1S/C15H12F3NO2/c1-8(10-4-11(16)7-12(17)5-10)19-14-6-9(15(20)21)2-3-13(14)18/h2-8,19H,1H3,(H,20,21). The van der Waals surface area contributed by atoms with Crippen LogP contribution in [0.2, 0.25) is 0 Å². The van der Waals surface area contributed by atoms with Crippen molar-refractivity contribution in [2.45, 2.75) is 13.0 Å². The maximum Gasteiger partial charge on any atom is 0.335 e. The van der Waals surface area contributed by atoms with E-state index >= 15 is 0 Å². The highest BCUT2D eigenvalue weighted by Gasteiger charge is 2.13. The van der Waals surface area contributed by atoms with Crippen molar-refractivity contribution in [2.75, 3.05) is 5.32 Å². The molecule has 0 spiro atoms. The first kappa shape index (κ1) is 14.9. The van der Waals surface area contributed by atoms with Gasteiger partial charge in [0.1, 0.15) is 17.5 Å². The van der Waals surface area contributed by atoms with Crippen molar-refractivity contribution in [3.05, 3.63) is 65.0 Å². The first-order chi connectivity index (χ1) is 9.86. The molecule has 0 aromatic heterocycles. The fraction of sp³-hybridized carbons (Fsp3) is 0.133. The molecule has 3 nitrogen and oxygen atoms in total. The Bertz CT molecular complexity index is 668. The third-order valence-electron chi connectivity index (χ3n) is 2.97. The van der Waals surface area contributed by atoms with Crippen LogP contribution in [0.25, 0.3) is 0 Å². The Hall–Kier alpha value is -2.50. The van der Waals surface area contributed by atoms with Crippen LogP contribution in [0, 0.1) is 17.5 Å². The highest BCUT2D eigenvalue weighted by molar-refractivity contribution is 5.88. The molecular formula is C15H12F3NO2. The number of benzene rings is 2. The lowest BCUT2D eigenvalue weighted by Gasteiger charge is -2.17. The largest absolute Gasteiger partial charge is 0.478 e. The van der Waals surface area contributed by atoms with E-state index in [4.69, 9.17) is 5.11 Å². The first-order valence-corrected chi connectivity index (χ1v) is 6.12. The lowest BCUT2D eigenvalue weighted by Crippen LogP contribution is -2.10. The molecule has 0 aliphatic carbocycles. The molecule has 2 aromatic carbocycles. The van der Waals surface area contributed by atoms with Gasteiger partial charge in [0.25, 0.3) is 0 Å². The summed E-state index contributed by atoms with van der Waals surface area (Å²) in [5.41, 5.74) is 0.149. The monoisotopic (exact) mass is 295 g/mol. The quantitative estimate of drug-likeness (QED) is 0.897. The normalized spacial score (nSPS) is 12.0. The minimum Gasteiger partial charge on any atom is -0.478 e. The third-order valence-corrected chi connectivity index (χ3v) is 2.97. The van der Waals surface area contributed by atoms with E-state index < -0.39 is 29.5 Å². The molecule has 0 saturated heterocycles. The Labute approximate surface area is 119 Å². The van der Waals surface area contributed by atoms with Gasteiger partial charge in [-0.1, -0.05) is 0 Å². The summed E-state index contributed by atoms with van der Waals surface area (Å²) in [7, 11) is 0. The number of hydrogen-bond donors (Lipinski definition) is 2. The Morgan fingerprint density at radius 2 is 1.71 bits per heavy atom. The highest BCUT2D eigenvalue weighted by atomic mass is 19.1. The second-order valence-corrected chi connectivity index (χ2v) is 4.57. The van der Waals surface area contributed by atoms with Crippen LogP contribution in [-0.2, 0) is 0 Å². The van der Waals surface area contributed by atoms with Crippen molar-refractivity contribution in [3.8, 4) is 0 Å². The molecule has 0 amide bonds. The van der Waals surface area contributed by atoms with Gasteiger partial charge in [-0.15, -0.1) is 0 Å². The molecule has 110 valence electrons. The summed E-state index contributed by atoms with van der Waals surface area (Å²) in [5.74, 6) is -3.32. The van der Waals surface area contributed by atoms with Crippen molar-refractivity contribution in [2.24, 2.45) is 0 Å². The lowest BCUT2D eigenvalue weighted by molar-refractivity contribution is 0.0697. The average molecular weight is 295 g/mol. The lowest BCUT2D eigenvalue weighted by atomic mass is 10.1. The van der Waals surface area contributed by atoms with Gasteiger partial charge in [0.15, 0.2) is 0 Å². The number of aromatic carboxylic acids is 1. The zero-order valence-corrected chi connectivity index (χ0v) is 11.0. The van der Waals surface area contributed by atoms with E-state index in [1.54, 1.807) is 6.92 Å². The fourth-order valence-electron chi connectivity index (χ4n) is 1.91. The highest BCUT2D eigenvalue weighted by Crippen LogP contribution is 2.24. The van der Waals surface area contributed by atoms with Crippen molar-refractivity contribution in [1.82, 2.24) is 0 Å². The van der Waals surface area contributed by atoms with Crippen LogP contribution >= 0.6 is 0 Å². The van der Waals surface area contributed by atoms with Gasteiger partial charge < -0.3 is 10.4 Å². The van der Waals surface area contributed by atoms with Crippen LogP contribution in [0.3, 0.4) is 0 Å². The van der Waals surface area contributed by atoms with E-state index in [2.05, 4.69) is 5.32 Å². The molecule has 1 unspecified atom stereocenters. The Morgan fingerprint density at radius 1 is 1.10 bits per heavy atom. The summed E-state index contributed by atoms with van der Waals surface area (Å²) >= 11 is 0. The summed E-state index contributed by atoms with van der Waals surface area (Å²) < 4.78 is 40.0. The molecule has 0 aliphatic heterocycles. The molecular weight excluding hydrogens is 283 g/mol. The molecule has 0 fully saturated rings. The smallest absolute Gasteiger partial charge is 0.335 e. The van der Waals surface area contributed by atoms with Crippen LogP contribution in [0.4, 0.5) is 18.9 Å². The van der Waals surface area contributed by atoms with E-state index in [0.29, 0.717) is 0 Å². The SMILES string of the molecule is CC(Nc1cc(C(=O)O)ccc1F)c1cc(F)cc(F)c1. The number of halogens is 3. The molecule has 1 atom stereocenters. The van der Waals surface area contributed by atoms with E-state index in [9.17, 15) is 18.0 Å². The number of carboxylic acid groups (broad SMARTS) is 1. The zero-order valence-electron chi connectivity index (χ0n) is 11.0. The van der Waals surface area contributed by atoms with Gasteiger partial charge >= 0.3 is 5.97 Å². The topological polar surface area (TPSA) is 49.3 Å². The zero-order chi connectivity index (χ0) is 15.6. The number of carboxylic acids is 1. The van der Waals surface area contributed by atoms with Crippen molar-refractivity contribution < 1.29 is 23.1 Å². The van der Waals surface area contributed by atoms with Crippen LogP contribution in [-0.4, -0.2) is 11.1 Å². The van der Waals surface area contributed by atoms with Gasteiger partial charge in [0, 0.05) is 12.1 Å². The number of hydrogen-bond acceptors (Lipinski definition) is 2. The molecule has 2 aromatic rings. The molecule has 2 rings (SSSR count). The fourth-order valence-corrected chi connectivity index (χ4v) is 1.91. The van der Waals surface area contributed by atoms with Gasteiger partial charge in [-0.2, -0.15) is 0 Å². The average Bonchev–Trinajstić information content (AvgIpc) is 2.39. The van der Waals surface area contributed by atoms with Gasteiger partial charge in [-0.05, 0) is 42.8 Å². The second kappa shape index (κ2) is 5.87. The van der Waals surface area contributed by atoms with Crippen LogP contribution < -0.4 is 5.32 Å². The molecule has 21 heavy (non-hydrogen) atoms. The second-order valence-electron chi connectivity index (χ2n) is 4.57. The Morgan fingerprint density at radius 3 is 2.29 bits per heavy atom. The molecule has 6 heteroatoms. The molecule has 0 heterocycles. The van der Waals surface area contributed by atoms with Gasteiger partial charge in [-0.3, -0.25) is 0 Å². The number of carbonyl (C=O) groups is 1. The molecule has 0 radical (unpaired) electrons. The minimum atomic E-state index is -1.19. The molecule has 2 N–H and O–H groups in total. The van der Waals surface area contributed by atoms with Crippen molar-refractivity contribution in [1.29, 1.82) is 0 Å². The van der Waals surface area contributed by atoms with Crippen LogP contribution in [0.15, 0.2) is 36.4 Å². The van der Waals surface area contributed by atoms with Crippen molar-refractivity contribution >= 4 is 11.7 Å². The number of rotatable bonds is 4. The van der Waals surface area contributed by atoms with Crippen molar-refractivity contribution in [3.63, 3.8) is 0 Å². The van der Waals surface area contributed by atoms with Crippen LogP contribution in [0.5, 0.6) is 0 Å². The van der Waals surface area contributed by atoms with Gasteiger partial charge in [0.05, 0.1) is 11.3 Å².